The molecule has 1 aromatic carbocycles. The van der Waals surface area contributed by atoms with Crippen molar-refractivity contribution in [3.8, 4) is 0 Å². The van der Waals surface area contributed by atoms with Crippen LogP contribution >= 0.6 is 11.6 Å². The number of carbonyl (C=O) groups is 1. The maximum absolute atomic E-state index is 11.0. The fourth-order valence-corrected chi connectivity index (χ4v) is 1.04. The average Bonchev–Trinajstić information content (AvgIpc) is 2.25. The van der Waals surface area contributed by atoms with Crippen LogP contribution in [-0.4, -0.2) is 19.9 Å². The van der Waals surface area contributed by atoms with Gasteiger partial charge in [0.2, 0.25) is 0 Å². The molecule has 0 aliphatic carbocycles. The Bertz CT molecular complexity index is 313. The number of halogens is 1. The molecule has 82 valence electrons. The standard InChI is InChI=1S/C10H12ClNO3/c1-14-7-12-10(13)15-6-8-2-4-9(11)5-3-8/h2-5H,6-7H2,1H3,(H,12,13). The summed E-state index contributed by atoms with van der Waals surface area (Å²) in [5.74, 6) is 0. The molecule has 1 rings (SSSR count). The van der Waals surface area contributed by atoms with Gasteiger partial charge in [0.25, 0.3) is 0 Å². The first-order chi connectivity index (χ1) is 7.22. The normalized spacial score (nSPS) is 9.73. The molecule has 1 amide bonds. The summed E-state index contributed by atoms with van der Waals surface area (Å²) >= 11 is 5.71. The van der Waals surface area contributed by atoms with Crippen LogP contribution in [0.5, 0.6) is 0 Å². The minimum Gasteiger partial charge on any atom is -0.445 e. The van der Waals surface area contributed by atoms with Crippen LogP contribution in [0.1, 0.15) is 5.56 Å². The van der Waals surface area contributed by atoms with Crippen molar-refractivity contribution in [1.29, 1.82) is 0 Å². The van der Waals surface area contributed by atoms with Gasteiger partial charge in [0, 0.05) is 12.1 Å². The molecule has 5 heteroatoms. The number of hydrogen-bond donors (Lipinski definition) is 1. The number of alkyl carbamates (subject to hydrolysis) is 1. The van der Waals surface area contributed by atoms with Crippen molar-refractivity contribution in [2.24, 2.45) is 0 Å². The molecule has 0 unspecified atom stereocenters. The van der Waals surface area contributed by atoms with Crippen molar-refractivity contribution >= 4 is 17.7 Å². The fourth-order valence-electron chi connectivity index (χ4n) is 0.912. The molecular weight excluding hydrogens is 218 g/mol. The first-order valence-corrected chi connectivity index (χ1v) is 4.74. The smallest absolute Gasteiger partial charge is 0.409 e. The van der Waals surface area contributed by atoms with E-state index in [4.69, 9.17) is 16.3 Å². The highest BCUT2D eigenvalue weighted by Gasteiger charge is 2.00. The van der Waals surface area contributed by atoms with E-state index in [0.717, 1.165) is 5.56 Å². The van der Waals surface area contributed by atoms with Crippen molar-refractivity contribution < 1.29 is 14.3 Å². The highest BCUT2D eigenvalue weighted by atomic mass is 35.5. The van der Waals surface area contributed by atoms with E-state index in [1.165, 1.54) is 7.11 Å². The van der Waals surface area contributed by atoms with Gasteiger partial charge in [-0.2, -0.15) is 0 Å². The quantitative estimate of drug-likeness (QED) is 0.805. The highest BCUT2D eigenvalue weighted by Crippen LogP contribution is 2.10. The molecule has 0 saturated carbocycles. The number of benzene rings is 1. The number of amides is 1. The average molecular weight is 230 g/mol. The minimum absolute atomic E-state index is 0.138. The molecule has 1 aromatic rings. The molecule has 0 aliphatic rings. The summed E-state index contributed by atoms with van der Waals surface area (Å²) in [4.78, 5) is 11.0. The Labute approximate surface area is 93.1 Å². The molecule has 0 spiro atoms. The number of methoxy groups -OCH3 is 1. The SMILES string of the molecule is COCNC(=O)OCc1ccc(Cl)cc1. The van der Waals surface area contributed by atoms with E-state index < -0.39 is 6.09 Å². The van der Waals surface area contributed by atoms with Crippen LogP contribution in [0.2, 0.25) is 5.02 Å². The lowest BCUT2D eigenvalue weighted by Crippen LogP contribution is -2.25. The van der Waals surface area contributed by atoms with Crippen LogP contribution < -0.4 is 5.32 Å². The third kappa shape index (κ3) is 4.67. The first-order valence-electron chi connectivity index (χ1n) is 4.36. The Morgan fingerprint density at radius 2 is 2.07 bits per heavy atom. The van der Waals surface area contributed by atoms with Crippen LogP contribution in [0.15, 0.2) is 24.3 Å². The summed E-state index contributed by atoms with van der Waals surface area (Å²) in [6.07, 6.45) is -0.508. The second-order valence-electron chi connectivity index (χ2n) is 2.81. The minimum atomic E-state index is -0.508. The van der Waals surface area contributed by atoms with Crippen LogP contribution in [0, 0.1) is 0 Å². The number of ether oxygens (including phenoxy) is 2. The zero-order valence-electron chi connectivity index (χ0n) is 8.33. The zero-order valence-corrected chi connectivity index (χ0v) is 9.08. The van der Waals surface area contributed by atoms with Gasteiger partial charge in [-0.15, -0.1) is 0 Å². The van der Waals surface area contributed by atoms with E-state index >= 15 is 0 Å². The van der Waals surface area contributed by atoms with Crippen molar-refractivity contribution in [2.75, 3.05) is 13.8 Å². The van der Waals surface area contributed by atoms with Gasteiger partial charge in [-0.3, -0.25) is 5.32 Å². The van der Waals surface area contributed by atoms with Gasteiger partial charge in [0.05, 0.1) is 0 Å². The van der Waals surface area contributed by atoms with Gasteiger partial charge in [0.15, 0.2) is 0 Å². The lowest BCUT2D eigenvalue weighted by molar-refractivity contribution is 0.115. The molecule has 0 heterocycles. The Morgan fingerprint density at radius 1 is 1.40 bits per heavy atom. The lowest BCUT2D eigenvalue weighted by atomic mass is 10.2. The summed E-state index contributed by atoms with van der Waals surface area (Å²) in [5, 5.41) is 3.06. The molecule has 0 aliphatic heterocycles. The Balaban J connectivity index is 2.30. The molecule has 0 atom stereocenters. The second-order valence-corrected chi connectivity index (χ2v) is 3.25. The Morgan fingerprint density at radius 3 is 2.67 bits per heavy atom. The topological polar surface area (TPSA) is 47.6 Å². The van der Waals surface area contributed by atoms with E-state index in [2.05, 4.69) is 10.1 Å². The number of carbonyl (C=O) groups excluding carboxylic acids is 1. The van der Waals surface area contributed by atoms with Gasteiger partial charge in [-0.05, 0) is 17.7 Å². The molecule has 1 N–H and O–H groups in total. The number of hydrogen-bond acceptors (Lipinski definition) is 3. The van der Waals surface area contributed by atoms with Gasteiger partial charge in [-0.25, -0.2) is 4.79 Å². The molecule has 4 nitrogen and oxygen atoms in total. The summed E-state index contributed by atoms with van der Waals surface area (Å²) in [7, 11) is 1.49. The zero-order chi connectivity index (χ0) is 11.1. The predicted molar refractivity (Wildman–Crippen MR) is 56.6 cm³/mol. The molecule has 0 fully saturated rings. The van der Waals surface area contributed by atoms with Crippen molar-refractivity contribution in [2.45, 2.75) is 6.61 Å². The summed E-state index contributed by atoms with van der Waals surface area (Å²) in [6.45, 7) is 0.353. The molecule has 0 radical (unpaired) electrons. The molecule has 0 aromatic heterocycles. The first kappa shape index (κ1) is 11.8. The van der Waals surface area contributed by atoms with Crippen LogP contribution in [-0.2, 0) is 16.1 Å². The van der Waals surface area contributed by atoms with Crippen molar-refractivity contribution in [1.82, 2.24) is 5.32 Å². The van der Waals surface area contributed by atoms with E-state index in [9.17, 15) is 4.79 Å². The second kappa shape index (κ2) is 6.27. The van der Waals surface area contributed by atoms with E-state index in [1.54, 1.807) is 24.3 Å². The van der Waals surface area contributed by atoms with E-state index in [-0.39, 0.29) is 13.3 Å². The number of nitrogens with one attached hydrogen (secondary N) is 1. The van der Waals surface area contributed by atoms with Gasteiger partial charge >= 0.3 is 6.09 Å². The largest absolute Gasteiger partial charge is 0.445 e. The van der Waals surface area contributed by atoms with Crippen LogP contribution in [0.4, 0.5) is 4.79 Å². The van der Waals surface area contributed by atoms with Gasteiger partial charge in [-0.1, -0.05) is 23.7 Å². The van der Waals surface area contributed by atoms with E-state index in [1.807, 2.05) is 0 Å². The van der Waals surface area contributed by atoms with Gasteiger partial charge in [0.1, 0.15) is 13.3 Å². The Hall–Kier alpha value is -1.26. The van der Waals surface area contributed by atoms with Gasteiger partial charge < -0.3 is 9.47 Å². The maximum Gasteiger partial charge on any atom is 0.409 e. The summed E-state index contributed by atoms with van der Waals surface area (Å²) < 4.78 is 9.55. The third-order valence-electron chi connectivity index (χ3n) is 1.64. The summed E-state index contributed by atoms with van der Waals surface area (Å²) in [6, 6.07) is 7.08. The van der Waals surface area contributed by atoms with Crippen molar-refractivity contribution in [3.05, 3.63) is 34.9 Å². The van der Waals surface area contributed by atoms with Crippen LogP contribution in [0.25, 0.3) is 0 Å². The molecule has 0 saturated heterocycles. The number of rotatable bonds is 4. The molecular formula is C10H12ClNO3. The molecule has 0 bridgehead atoms. The maximum atomic E-state index is 11.0. The predicted octanol–water partition coefficient (Wildman–Crippen LogP) is 2.17. The van der Waals surface area contributed by atoms with Crippen LogP contribution in [0.3, 0.4) is 0 Å². The lowest BCUT2D eigenvalue weighted by Gasteiger charge is -2.05. The van der Waals surface area contributed by atoms with Crippen molar-refractivity contribution in [3.63, 3.8) is 0 Å². The summed E-state index contributed by atoms with van der Waals surface area (Å²) in [5.41, 5.74) is 0.881. The molecule has 15 heavy (non-hydrogen) atoms. The monoisotopic (exact) mass is 229 g/mol. The third-order valence-corrected chi connectivity index (χ3v) is 1.90. The fraction of sp³-hybridized carbons (Fsp3) is 0.300. The highest BCUT2D eigenvalue weighted by molar-refractivity contribution is 6.30. The Kier molecular flexibility index (Phi) is 4.93. The van der Waals surface area contributed by atoms with E-state index in [0.29, 0.717) is 5.02 Å².